The number of carbonyl (C=O) groups is 3. The molecular weight excluding hydrogens is 556 g/mol. The molecular formula is C32H34N2O9. The van der Waals surface area contributed by atoms with E-state index in [1.807, 2.05) is 18.2 Å². The lowest BCUT2D eigenvalue weighted by molar-refractivity contribution is -0.153. The molecule has 4 atom stereocenters. The van der Waals surface area contributed by atoms with Crippen LogP contribution in [-0.4, -0.2) is 89.8 Å². The first-order chi connectivity index (χ1) is 20.4. The number of Topliss-reactive ketones (excluding diaryl/α,β-unsaturated/α-hetero) is 2. The molecule has 1 fully saturated rings. The number of methoxy groups -OCH3 is 2. The minimum atomic E-state index is -2.64. The van der Waals surface area contributed by atoms with Crippen molar-refractivity contribution in [3.8, 4) is 17.2 Å². The zero-order chi connectivity index (χ0) is 31.4. The van der Waals surface area contributed by atoms with Crippen LogP contribution < -0.4 is 14.8 Å². The summed E-state index contributed by atoms with van der Waals surface area (Å²) >= 11 is 0. The molecule has 3 aliphatic rings. The number of aromatic hydroxyl groups is 1. The Bertz CT molecular complexity index is 1640. The Morgan fingerprint density at radius 3 is 2.37 bits per heavy atom. The van der Waals surface area contributed by atoms with Gasteiger partial charge in [0.25, 0.3) is 5.91 Å². The fraction of sp³-hybridized carbons (Fsp3) is 0.344. The molecule has 11 heteroatoms. The van der Waals surface area contributed by atoms with Gasteiger partial charge in [-0.1, -0.05) is 24.3 Å². The number of fused-ring (bicyclic) bond motifs is 3. The van der Waals surface area contributed by atoms with Crippen molar-refractivity contribution < 1.29 is 44.3 Å². The number of ether oxygens (including phenoxy) is 2. The number of hydrogen-bond acceptors (Lipinski definition) is 10. The molecule has 5 N–H and O–H groups in total. The summed E-state index contributed by atoms with van der Waals surface area (Å²) in [7, 11) is 7.53. The van der Waals surface area contributed by atoms with Crippen molar-refractivity contribution in [2.45, 2.75) is 24.5 Å². The molecule has 1 saturated carbocycles. The Kier molecular flexibility index (Phi) is 7.57. The van der Waals surface area contributed by atoms with Gasteiger partial charge in [0, 0.05) is 18.5 Å². The van der Waals surface area contributed by atoms with E-state index in [0.717, 1.165) is 5.56 Å². The zero-order valence-electron chi connectivity index (χ0n) is 24.5. The van der Waals surface area contributed by atoms with Gasteiger partial charge in [-0.15, -0.1) is 0 Å². The van der Waals surface area contributed by atoms with Crippen LogP contribution in [0.15, 0.2) is 47.2 Å². The molecule has 0 saturated heterocycles. The monoisotopic (exact) mass is 590 g/mol. The molecule has 226 valence electrons. The SMILES string of the molecule is CNC(=O)C1=C(O)C2(O)C(=O)C3=C(O)c4c(O)ccc(/C=C/c5ccc(OC)c(OC)c5)c4CC3CC2C(N(C)C)C1=O. The second kappa shape index (κ2) is 10.9. The van der Waals surface area contributed by atoms with Gasteiger partial charge in [-0.2, -0.15) is 0 Å². The van der Waals surface area contributed by atoms with Crippen LogP contribution in [0.2, 0.25) is 0 Å². The van der Waals surface area contributed by atoms with E-state index in [9.17, 15) is 34.8 Å². The number of rotatable bonds is 6. The van der Waals surface area contributed by atoms with Gasteiger partial charge >= 0.3 is 0 Å². The van der Waals surface area contributed by atoms with E-state index in [2.05, 4.69) is 5.32 Å². The number of nitrogens with zero attached hydrogens (tertiary/aromatic N) is 1. The Morgan fingerprint density at radius 2 is 1.74 bits per heavy atom. The number of hydrogen-bond donors (Lipinski definition) is 5. The molecule has 0 spiro atoms. The second-order valence-corrected chi connectivity index (χ2v) is 11.2. The summed E-state index contributed by atoms with van der Waals surface area (Å²) in [5.41, 5.74) is -1.40. The van der Waals surface area contributed by atoms with E-state index in [1.54, 1.807) is 39.4 Å². The van der Waals surface area contributed by atoms with Crippen molar-refractivity contribution >= 4 is 35.4 Å². The van der Waals surface area contributed by atoms with Gasteiger partial charge in [0.15, 0.2) is 22.9 Å². The number of nitrogens with one attached hydrogen (secondary N) is 1. The Balaban J connectivity index is 1.63. The quantitative estimate of drug-likeness (QED) is 0.249. The Hall–Kier alpha value is -4.61. The van der Waals surface area contributed by atoms with Gasteiger partial charge in [-0.25, -0.2) is 0 Å². The summed E-state index contributed by atoms with van der Waals surface area (Å²) < 4.78 is 10.7. The second-order valence-electron chi connectivity index (χ2n) is 11.2. The van der Waals surface area contributed by atoms with Gasteiger partial charge in [-0.05, 0) is 67.7 Å². The summed E-state index contributed by atoms with van der Waals surface area (Å²) in [4.78, 5) is 41.6. The van der Waals surface area contributed by atoms with E-state index < -0.39 is 58.0 Å². The van der Waals surface area contributed by atoms with Crippen LogP contribution in [0.25, 0.3) is 17.9 Å². The maximum atomic E-state index is 14.1. The van der Waals surface area contributed by atoms with Gasteiger partial charge in [-0.3, -0.25) is 19.3 Å². The lowest BCUT2D eigenvalue weighted by Gasteiger charge is -2.50. The minimum Gasteiger partial charge on any atom is -0.508 e. The number of aliphatic hydroxyl groups is 3. The van der Waals surface area contributed by atoms with Crippen molar-refractivity contribution in [1.82, 2.24) is 10.2 Å². The van der Waals surface area contributed by atoms with Crippen LogP contribution in [0.4, 0.5) is 0 Å². The van der Waals surface area contributed by atoms with Gasteiger partial charge in [0.2, 0.25) is 5.78 Å². The van der Waals surface area contributed by atoms with E-state index in [0.29, 0.717) is 22.6 Å². The summed E-state index contributed by atoms with van der Waals surface area (Å²) in [6.07, 6.45) is 3.89. The molecule has 43 heavy (non-hydrogen) atoms. The highest BCUT2D eigenvalue weighted by atomic mass is 16.5. The van der Waals surface area contributed by atoms with Crippen molar-refractivity contribution in [2.75, 3.05) is 35.4 Å². The maximum absolute atomic E-state index is 14.1. The third-order valence-electron chi connectivity index (χ3n) is 8.71. The molecule has 3 aliphatic carbocycles. The van der Waals surface area contributed by atoms with Gasteiger partial charge < -0.3 is 35.2 Å². The molecule has 1 amide bonds. The number of aliphatic hydroxyl groups excluding tert-OH is 2. The minimum absolute atomic E-state index is 0.0369. The number of benzene rings is 2. The number of amides is 1. The fourth-order valence-corrected chi connectivity index (χ4v) is 6.67. The standard InChI is InChI=1S/C32H34N2O9/c1-33-31(40)25-28(37)26(34(2)3)19-14-17-13-18-16(8-6-15-7-11-21(42-4)22(12-15)43-5)9-10-20(35)24(18)27(36)23(17)29(38)32(19,41)30(25)39/h6-12,17,19,26,35-36,39,41H,13-14H2,1-5H3,(H,33,40)/b8-6+. The lowest BCUT2D eigenvalue weighted by Crippen LogP contribution is -2.65. The van der Waals surface area contributed by atoms with E-state index >= 15 is 0 Å². The predicted octanol–water partition coefficient (Wildman–Crippen LogP) is 2.41. The number of carbonyl (C=O) groups excluding carboxylic acids is 3. The van der Waals surface area contributed by atoms with Crippen LogP contribution in [0.1, 0.15) is 28.7 Å². The van der Waals surface area contributed by atoms with E-state index in [4.69, 9.17) is 9.47 Å². The molecule has 0 aromatic heterocycles. The number of phenols is 1. The third-order valence-corrected chi connectivity index (χ3v) is 8.71. The first kappa shape index (κ1) is 29.9. The molecule has 0 heterocycles. The van der Waals surface area contributed by atoms with Crippen LogP contribution in [0, 0.1) is 11.8 Å². The topological polar surface area (TPSA) is 166 Å². The summed E-state index contributed by atoms with van der Waals surface area (Å²) in [6.45, 7) is 0. The van der Waals surface area contributed by atoms with Gasteiger partial charge in [0.05, 0.1) is 25.8 Å². The van der Waals surface area contributed by atoms with Crippen LogP contribution in [0.3, 0.4) is 0 Å². The zero-order valence-corrected chi connectivity index (χ0v) is 24.5. The predicted molar refractivity (Wildman–Crippen MR) is 158 cm³/mol. The average molecular weight is 591 g/mol. The molecule has 11 nitrogen and oxygen atoms in total. The Labute approximate surface area is 248 Å². The normalized spacial score (nSPS) is 25.0. The molecule has 2 aromatic carbocycles. The van der Waals surface area contributed by atoms with Crippen molar-refractivity contribution in [3.63, 3.8) is 0 Å². The molecule has 0 aliphatic heterocycles. The van der Waals surface area contributed by atoms with Crippen molar-refractivity contribution in [2.24, 2.45) is 11.8 Å². The third kappa shape index (κ3) is 4.47. The maximum Gasteiger partial charge on any atom is 0.258 e. The fourth-order valence-electron chi connectivity index (χ4n) is 6.67. The lowest BCUT2D eigenvalue weighted by atomic mass is 9.57. The van der Waals surface area contributed by atoms with Crippen molar-refractivity contribution in [3.05, 3.63) is 69.5 Å². The van der Waals surface area contributed by atoms with E-state index in [-0.39, 0.29) is 29.7 Å². The highest BCUT2D eigenvalue weighted by Crippen LogP contribution is 2.53. The largest absolute Gasteiger partial charge is 0.508 e. The highest BCUT2D eigenvalue weighted by molar-refractivity contribution is 6.25. The average Bonchev–Trinajstić information content (AvgIpc) is 2.98. The molecule has 2 aromatic rings. The Morgan fingerprint density at radius 1 is 1.05 bits per heavy atom. The van der Waals surface area contributed by atoms with Crippen molar-refractivity contribution in [1.29, 1.82) is 0 Å². The highest BCUT2D eigenvalue weighted by Gasteiger charge is 2.64. The number of phenolic OH excluding ortho intramolecular Hbond substituents is 1. The molecule has 0 radical (unpaired) electrons. The van der Waals surface area contributed by atoms with Crippen LogP contribution in [0.5, 0.6) is 17.2 Å². The molecule has 4 unspecified atom stereocenters. The summed E-state index contributed by atoms with van der Waals surface area (Å²) in [5, 5.41) is 47.5. The van der Waals surface area contributed by atoms with E-state index in [1.165, 1.54) is 25.1 Å². The first-order valence-electron chi connectivity index (χ1n) is 13.7. The van der Waals surface area contributed by atoms with Crippen LogP contribution in [-0.2, 0) is 20.8 Å². The van der Waals surface area contributed by atoms with Crippen LogP contribution >= 0.6 is 0 Å². The molecule has 0 bridgehead atoms. The van der Waals surface area contributed by atoms with Gasteiger partial charge in [0.1, 0.15) is 22.8 Å². The number of likely N-dealkylation sites (N-methyl/N-ethyl adjacent to an activating group) is 2. The summed E-state index contributed by atoms with van der Waals surface area (Å²) in [6, 6.07) is 7.41. The smallest absolute Gasteiger partial charge is 0.258 e. The number of ketones is 2. The molecule has 5 rings (SSSR count). The first-order valence-corrected chi connectivity index (χ1v) is 13.7. The summed E-state index contributed by atoms with van der Waals surface area (Å²) in [5.74, 6) is -5.12.